The fraction of sp³-hybridized carbons (Fsp3) is 0.556. The molecule has 1 unspecified atom stereocenters. The van der Waals surface area contributed by atoms with Crippen molar-refractivity contribution in [3.8, 4) is 0 Å². The molecule has 4 heteroatoms. The third-order valence-corrected chi connectivity index (χ3v) is 4.89. The second-order valence-corrected chi connectivity index (χ2v) is 6.50. The van der Waals surface area contributed by atoms with Crippen LogP contribution in [0.5, 0.6) is 0 Å². The number of amides is 1. The lowest BCUT2D eigenvalue weighted by atomic mass is 9.90. The van der Waals surface area contributed by atoms with Crippen LogP contribution in [0.4, 0.5) is 0 Å². The van der Waals surface area contributed by atoms with Gasteiger partial charge in [0.25, 0.3) is 0 Å². The van der Waals surface area contributed by atoms with Gasteiger partial charge in [0, 0.05) is 13.1 Å². The molecule has 0 aromatic heterocycles. The first-order chi connectivity index (χ1) is 10.6. The van der Waals surface area contributed by atoms with E-state index >= 15 is 0 Å². The monoisotopic (exact) mass is 301 g/mol. The molecule has 0 radical (unpaired) electrons. The largest absolute Gasteiger partial charge is 0.481 e. The minimum absolute atomic E-state index is 0.0571. The number of carbonyl (C=O) groups excluding carboxylic acids is 1. The maximum Gasteiger partial charge on any atom is 0.308 e. The number of rotatable bonds is 3. The molecule has 1 aliphatic carbocycles. The van der Waals surface area contributed by atoms with E-state index in [1.807, 2.05) is 0 Å². The van der Waals surface area contributed by atoms with Crippen molar-refractivity contribution in [3.05, 3.63) is 34.9 Å². The third-order valence-electron chi connectivity index (χ3n) is 4.89. The number of carboxylic acids is 1. The second kappa shape index (κ2) is 6.51. The summed E-state index contributed by atoms with van der Waals surface area (Å²) >= 11 is 0. The van der Waals surface area contributed by atoms with Crippen molar-refractivity contribution < 1.29 is 14.7 Å². The molecule has 3 rings (SSSR count). The van der Waals surface area contributed by atoms with Crippen molar-refractivity contribution in [3.63, 3.8) is 0 Å². The van der Waals surface area contributed by atoms with Crippen LogP contribution in [-0.4, -0.2) is 35.0 Å². The number of carboxylic acid groups (broad SMARTS) is 1. The average molecular weight is 301 g/mol. The Morgan fingerprint density at radius 2 is 1.91 bits per heavy atom. The Bertz CT molecular complexity index is 582. The van der Waals surface area contributed by atoms with Crippen molar-refractivity contribution >= 4 is 11.9 Å². The first kappa shape index (κ1) is 15.1. The lowest BCUT2D eigenvalue weighted by molar-refractivity contribution is -0.145. The van der Waals surface area contributed by atoms with Gasteiger partial charge in [0.05, 0.1) is 12.3 Å². The number of aliphatic carboxylic acids is 1. The van der Waals surface area contributed by atoms with Gasteiger partial charge >= 0.3 is 5.97 Å². The van der Waals surface area contributed by atoms with Gasteiger partial charge in [-0.25, -0.2) is 0 Å². The van der Waals surface area contributed by atoms with Crippen molar-refractivity contribution in [2.75, 3.05) is 13.1 Å². The Kier molecular flexibility index (Phi) is 4.46. The molecule has 1 aliphatic heterocycles. The molecule has 118 valence electrons. The molecular formula is C18H23NO3. The molecule has 1 aromatic carbocycles. The van der Waals surface area contributed by atoms with Gasteiger partial charge in [-0.3, -0.25) is 9.59 Å². The SMILES string of the molecule is O=C(O)C1CCCN(C(=O)Cc2ccc3c(c2)CCCC3)C1. The summed E-state index contributed by atoms with van der Waals surface area (Å²) in [7, 11) is 0. The highest BCUT2D eigenvalue weighted by molar-refractivity contribution is 5.80. The van der Waals surface area contributed by atoms with Gasteiger partial charge in [-0.05, 0) is 55.2 Å². The number of piperidine rings is 1. The molecule has 0 bridgehead atoms. The van der Waals surface area contributed by atoms with E-state index in [0.29, 0.717) is 25.9 Å². The summed E-state index contributed by atoms with van der Waals surface area (Å²) in [6.07, 6.45) is 6.61. The molecule has 0 saturated carbocycles. The summed E-state index contributed by atoms with van der Waals surface area (Å²) in [5.41, 5.74) is 3.87. The molecule has 4 nitrogen and oxygen atoms in total. The number of benzene rings is 1. The standard InChI is InChI=1S/C18H23NO3/c20-17(19-9-3-6-16(12-19)18(21)22)11-13-7-8-14-4-1-2-5-15(14)10-13/h7-8,10,16H,1-6,9,11-12H2,(H,21,22). The number of hydrogen-bond acceptors (Lipinski definition) is 2. The van der Waals surface area contributed by atoms with Gasteiger partial charge in [0.1, 0.15) is 0 Å². The van der Waals surface area contributed by atoms with Gasteiger partial charge in [0.2, 0.25) is 5.91 Å². The molecule has 1 heterocycles. The van der Waals surface area contributed by atoms with E-state index in [2.05, 4.69) is 18.2 Å². The summed E-state index contributed by atoms with van der Waals surface area (Å²) in [4.78, 5) is 25.3. The summed E-state index contributed by atoms with van der Waals surface area (Å²) in [5.74, 6) is -1.13. The highest BCUT2D eigenvalue weighted by Gasteiger charge is 2.28. The van der Waals surface area contributed by atoms with E-state index in [0.717, 1.165) is 24.8 Å². The van der Waals surface area contributed by atoms with Crippen molar-refractivity contribution in [2.45, 2.75) is 44.9 Å². The van der Waals surface area contributed by atoms with Gasteiger partial charge in [-0.15, -0.1) is 0 Å². The van der Waals surface area contributed by atoms with Crippen molar-refractivity contribution in [1.29, 1.82) is 0 Å². The van der Waals surface area contributed by atoms with Crippen molar-refractivity contribution in [2.24, 2.45) is 5.92 Å². The van der Waals surface area contributed by atoms with E-state index in [1.165, 1.54) is 24.0 Å². The zero-order valence-electron chi connectivity index (χ0n) is 12.9. The lowest BCUT2D eigenvalue weighted by Crippen LogP contribution is -2.43. The average Bonchev–Trinajstić information content (AvgIpc) is 2.55. The Labute approximate surface area is 131 Å². The van der Waals surface area contributed by atoms with Gasteiger partial charge < -0.3 is 10.0 Å². The fourth-order valence-corrected chi connectivity index (χ4v) is 3.59. The summed E-state index contributed by atoms with van der Waals surface area (Å²) in [5, 5.41) is 9.12. The van der Waals surface area contributed by atoms with Crippen LogP contribution in [0, 0.1) is 5.92 Å². The predicted octanol–water partition coefficient (Wildman–Crippen LogP) is 2.43. The number of likely N-dealkylation sites (tertiary alicyclic amines) is 1. The first-order valence-corrected chi connectivity index (χ1v) is 8.25. The Morgan fingerprint density at radius 1 is 1.14 bits per heavy atom. The molecule has 2 aliphatic rings. The Balaban J connectivity index is 1.65. The Morgan fingerprint density at radius 3 is 2.68 bits per heavy atom. The van der Waals surface area contributed by atoms with Crippen LogP contribution in [0.25, 0.3) is 0 Å². The van der Waals surface area contributed by atoms with Gasteiger partial charge in [-0.2, -0.15) is 0 Å². The van der Waals surface area contributed by atoms with Crippen LogP contribution in [-0.2, 0) is 28.9 Å². The maximum absolute atomic E-state index is 12.4. The molecule has 1 N–H and O–H groups in total. The lowest BCUT2D eigenvalue weighted by Gasteiger charge is -2.31. The quantitative estimate of drug-likeness (QED) is 0.933. The van der Waals surface area contributed by atoms with E-state index < -0.39 is 11.9 Å². The molecular weight excluding hydrogens is 278 g/mol. The Hall–Kier alpha value is -1.84. The van der Waals surface area contributed by atoms with Crippen molar-refractivity contribution in [1.82, 2.24) is 4.90 Å². The number of nitrogens with zero attached hydrogens (tertiary/aromatic N) is 1. The molecule has 1 fully saturated rings. The number of aryl methyl sites for hydroxylation is 2. The summed E-state index contributed by atoms with van der Waals surface area (Å²) < 4.78 is 0. The van der Waals surface area contributed by atoms with Crippen LogP contribution in [0.1, 0.15) is 42.4 Å². The fourth-order valence-electron chi connectivity index (χ4n) is 3.59. The number of fused-ring (bicyclic) bond motifs is 1. The number of hydrogen-bond donors (Lipinski definition) is 1. The van der Waals surface area contributed by atoms with E-state index in [1.54, 1.807) is 4.90 Å². The third kappa shape index (κ3) is 3.32. The zero-order valence-corrected chi connectivity index (χ0v) is 12.9. The van der Waals surface area contributed by atoms with E-state index in [4.69, 9.17) is 5.11 Å². The maximum atomic E-state index is 12.4. The highest BCUT2D eigenvalue weighted by Crippen LogP contribution is 2.23. The highest BCUT2D eigenvalue weighted by atomic mass is 16.4. The van der Waals surface area contributed by atoms with E-state index in [9.17, 15) is 9.59 Å². The van der Waals surface area contributed by atoms with Crippen LogP contribution in [0.3, 0.4) is 0 Å². The molecule has 1 atom stereocenters. The zero-order chi connectivity index (χ0) is 15.5. The molecule has 1 aromatic rings. The van der Waals surface area contributed by atoms with Gasteiger partial charge in [0.15, 0.2) is 0 Å². The topological polar surface area (TPSA) is 57.6 Å². The molecule has 22 heavy (non-hydrogen) atoms. The molecule has 1 saturated heterocycles. The minimum atomic E-state index is -0.786. The van der Waals surface area contributed by atoms with Crippen LogP contribution in [0.2, 0.25) is 0 Å². The first-order valence-electron chi connectivity index (χ1n) is 8.25. The molecule has 1 amide bonds. The van der Waals surface area contributed by atoms with Gasteiger partial charge in [-0.1, -0.05) is 18.2 Å². The normalized spacial score (nSPS) is 21.3. The summed E-state index contributed by atoms with van der Waals surface area (Å²) in [6, 6.07) is 6.39. The minimum Gasteiger partial charge on any atom is -0.481 e. The van der Waals surface area contributed by atoms with E-state index in [-0.39, 0.29) is 5.91 Å². The van der Waals surface area contributed by atoms with Crippen LogP contribution >= 0.6 is 0 Å². The predicted molar refractivity (Wildman–Crippen MR) is 83.7 cm³/mol. The second-order valence-electron chi connectivity index (χ2n) is 6.50. The van der Waals surface area contributed by atoms with Crippen LogP contribution in [0.15, 0.2) is 18.2 Å². The number of carbonyl (C=O) groups is 2. The molecule has 0 spiro atoms. The smallest absolute Gasteiger partial charge is 0.308 e. The van der Waals surface area contributed by atoms with Crippen LogP contribution < -0.4 is 0 Å². The summed E-state index contributed by atoms with van der Waals surface area (Å²) in [6.45, 7) is 1.05.